The monoisotopic (exact) mass is 401 g/mol. The third-order valence-corrected chi connectivity index (χ3v) is 4.11. The number of nitrogens with one attached hydrogen (secondary N) is 1. The molecule has 0 aliphatic rings. The van der Waals surface area contributed by atoms with Gasteiger partial charge in [-0.1, -0.05) is 46.9 Å². The molecule has 0 aromatic heterocycles. The minimum Gasteiger partial charge on any atom is -0.452 e. The lowest BCUT2D eigenvalue weighted by atomic mass is 10.2. The Morgan fingerprint density at radius 1 is 1.08 bits per heavy atom. The molecule has 0 heterocycles. The third-order valence-electron chi connectivity index (χ3n) is 2.96. The summed E-state index contributed by atoms with van der Waals surface area (Å²) in [6, 6.07) is 8.86. The highest BCUT2D eigenvalue weighted by molar-refractivity contribution is 6.44. The molecule has 0 atom stereocenters. The molecule has 1 N–H and O–H groups in total. The fourth-order valence-corrected chi connectivity index (χ4v) is 2.37. The smallest absolute Gasteiger partial charge is 0.331 e. The number of hydrogen-bond donors (Lipinski definition) is 1. The van der Waals surface area contributed by atoms with Gasteiger partial charge in [-0.25, -0.2) is 9.18 Å². The van der Waals surface area contributed by atoms with Crippen LogP contribution in [0.15, 0.2) is 42.5 Å². The van der Waals surface area contributed by atoms with Gasteiger partial charge in [0.15, 0.2) is 6.61 Å². The molecular formula is C17H11Cl3FNO3. The molecule has 0 aliphatic heterocycles. The molecule has 2 aromatic rings. The van der Waals surface area contributed by atoms with Gasteiger partial charge in [0.05, 0.1) is 20.8 Å². The van der Waals surface area contributed by atoms with Crippen LogP contribution in [0, 0.1) is 5.82 Å². The van der Waals surface area contributed by atoms with Crippen LogP contribution in [0.1, 0.15) is 5.56 Å². The SMILES string of the molecule is O=C(COC(=O)C=Cc1c(F)cccc1Cl)Nc1cccc(Cl)c1Cl. The molecule has 2 aromatic carbocycles. The lowest BCUT2D eigenvalue weighted by molar-refractivity contribution is -0.142. The lowest BCUT2D eigenvalue weighted by Crippen LogP contribution is -2.20. The van der Waals surface area contributed by atoms with E-state index >= 15 is 0 Å². The van der Waals surface area contributed by atoms with E-state index < -0.39 is 24.3 Å². The van der Waals surface area contributed by atoms with Crippen LogP contribution in [-0.2, 0) is 14.3 Å². The largest absolute Gasteiger partial charge is 0.452 e. The van der Waals surface area contributed by atoms with Crippen molar-refractivity contribution in [2.24, 2.45) is 0 Å². The van der Waals surface area contributed by atoms with E-state index in [1.54, 1.807) is 18.2 Å². The highest BCUT2D eigenvalue weighted by atomic mass is 35.5. The molecule has 1 amide bonds. The molecule has 0 saturated heterocycles. The van der Waals surface area contributed by atoms with Crippen LogP contribution < -0.4 is 5.32 Å². The second-order valence-electron chi connectivity index (χ2n) is 4.73. The Balaban J connectivity index is 1.90. The Morgan fingerprint density at radius 2 is 1.76 bits per heavy atom. The molecular weight excluding hydrogens is 392 g/mol. The van der Waals surface area contributed by atoms with E-state index in [1.807, 2.05) is 0 Å². The minimum atomic E-state index is -0.827. The standard InChI is InChI=1S/C17H11Cl3FNO3/c18-11-3-1-5-13(21)10(11)7-8-16(24)25-9-15(23)22-14-6-2-4-12(19)17(14)20/h1-8H,9H2,(H,22,23). The number of amides is 1. The van der Waals surface area contributed by atoms with E-state index in [1.165, 1.54) is 24.3 Å². The van der Waals surface area contributed by atoms with E-state index in [-0.39, 0.29) is 20.6 Å². The molecule has 0 unspecified atom stereocenters. The topological polar surface area (TPSA) is 55.4 Å². The van der Waals surface area contributed by atoms with E-state index in [4.69, 9.17) is 39.5 Å². The van der Waals surface area contributed by atoms with Gasteiger partial charge in [-0.2, -0.15) is 0 Å². The fourth-order valence-electron chi connectivity index (χ4n) is 1.79. The Kier molecular flexibility index (Phi) is 6.82. The summed E-state index contributed by atoms with van der Waals surface area (Å²) in [6.45, 7) is -0.545. The maximum atomic E-state index is 13.6. The number of benzene rings is 2. The normalized spacial score (nSPS) is 10.7. The van der Waals surface area contributed by atoms with E-state index in [0.29, 0.717) is 5.69 Å². The quantitative estimate of drug-likeness (QED) is 0.567. The van der Waals surface area contributed by atoms with Crippen LogP contribution in [0.25, 0.3) is 6.08 Å². The Hall–Kier alpha value is -2.08. The number of esters is 1. The predicted octanol–water partition coefficient (Wildman–Crippen LogP) is 4.98. The summed E-state index contributed by atoms with van der Waals surface area (Å²) >= 11 is 17.6. The van der Waals surface area contributed by atoms with Crippen molar-refractivity contribution in [2.45, 2.75) is 0 Å². The summed E-state index contributed by atoms with van der Waals surface area (Å²) in [5.41, 5.74) is 0.347. The number of carbonyl (C=O) groups excluding carboxylic acids is 2. The second-order valence-corrected chi connectivity index (χ2v) is 5.92. The fraction of sp³-hybridized carbons (Fsp3) is 0.0588. The summed E-state index contributed by atoms with van der Waals surface area (Å²) in [5, 5.41) is 3.07. The number of halogens is 4. The van der Waals surface area contributed by atoms with Gasteiger partial charge < -0.3 is 10.1 Å². The molecule has 0 spiro atoms. The molecule has 0 bridgehead atoms. The third kappa shape index (κ3) is 5.46. The molecule has 0 aliphatic carbocycles. The van der Waals surface area contributed by atoms with Gasteiger partial charge in [-0.3, -0.25) is 4.79 Å². The first-order chi connectivity index (χ1) is 11.9. The van der Waals surface area contributed by atoms with Crippen LogP contribution in [-0.4, -0.2) is 18.5 Å². The maximum Gasteiger partial charge on any atom is 0.331 e. The number of ether oxygens (including phenoxy) is 1. The highest BCUT2D eigenvalue weighted by Crippen LogP contribution is 2.29. The first-order valence-corrected chi connectivity index (χ1v) is 8.04. The summed E-state index contributed by atoms with van der Waals surface area (Å²) in [5.74, 6) is -2.01. The van der Waals surface area contributed by atoms with Gasteiger partial charge in [0.1, 0.15) is 5.82 Å². The van der Waals surface area contributed by atoms with E-state index in [0.717, 1.165) is 6.08 Å². The maximum absolute atomic E-state index is 13.6. The van der Waals surface area contributed by atoms with Crippen molar-refractivity contribution >= 4 is 58.4 Å². The molecule has 0 radical (unpaired) electrons. The van der Waals surface area contributed by atoms with Gasteiger partial charge in [0.25, 0.3) is 5.91 Å². The molecule has 4 nitrogen and oxygen atoms in total. The average Bonchev–Trinajstić information content (AvgIpc) is 2.57. The van der Waals surface area contributed by atoms with Crippen LogP contribution >= 0.6 is 34.8 Å². The van der Waals surface area contributed by atoms with Gasteiger partial charge in [0, 0.05) is 11.6 Å². The minimum absolute atomic E-state index is 0.0521. The van der Waals surface area contributed by atoms with Crippen LogP contribution in [0.4, 0.5) is 10.1 Å². The van der Waals surface area contributed by atoms with Gasteiger partial charge in [-0.05, 0) is 30.3 Å². The van der Waals surface area contributed by atoms with Crippen LogP contribution in [0.3, 0.4) is 0 Å². The number of anilines is 1. The zero-order valence-electron chi connectivity index (χ0n) is 12.6. The number of carbonyl (C=O) groups is 2. The molecule has 0 saturated carbocycles. The summed E-state index contributed by atoms with van der Waals surface area (Å²) in [4.78, 5) is 23.4. The summed E-state index contributed by atoms with van der Waals surface area (Å²) < 4.78 is 18.3. The predicted molar refractivity (Wildman–Crippen MR) is 96.5 cm³/mol. The second kappa shape index (κ2) is 8.85. The molecule has 8 heteroatoms. The van der Waals surface area contributed by atoms with Crippen molar-refractivity contribution in [1.29, 1.82) is 0 Å². The Morgan fingerprint density at radius 3 is 2.48 bits per heavy atom. The Bertz CT molecular complexity index is 820. The first kappa shape index (κ1) is 19.2. The highest BCUT2D eigenvalue weighted by Gasteiger charge is 2.10. The average molecular weight is 403 g/mol. The van der Waals surface area contributed by atoms with Crippen molar-refractivity contribution in [3.05, 3.63) is 68.9 Å². The molecule has 130 valence electrons. The van der Waals surface area contributed by atoms with Crippen molar-refractivity contribution in [3.8, 4) is 0 Å². The zero-order valence-corrected chi connectivity index (χ0v) is 14.8. The van der Waals surface area contributed by atoms with Gasteiger partial charge in [0.2, 0.25) is 0 Å². The number of rotatable bonds is 5. The van der Waals surface area contributed by atoms with Crippen LogP contribution in [0.2, 0.25) is 15.1 Å². The molecule has 25 heavy (non-hydrogen) atoms. The van der Waals surface area contributed by atoms with Gasteiger partial charge in [-0.15, -0.1) is 0 Å². The van der Waals surface area contributed by atoms with Gasteiger partial charge >= 0.3 is 5.97 Å². The molecule has 0 fully saturated rings. The number of hydrogen-bond acceptors (Lipinski definition) is 3. The van der Waals surface area contributed by atoms with Crippen LogP contribution in [0.5, 0.6) is 0 Å². The van der Waals surface area contributed by atoms with Crippen molar-refractivity contribution < 1.29 is 18.7 Å². The van der Waals surface area contributed by atoms with Crippen molar-refractivity contribution in [3.63, 3.8) is 0 Å². The summed E-state index contributed by atoms with van der Waals surface area (Å²) in [6.07, 6.45) is 2.15. The molecule has 2 rings (SSSR count). The van der Waals surface area contributed by atoms with Crippen molar-refractivity contribution in [1.82, 2.24) is 0 Å². The van der Waals surface area contributed by atoms with E-state index in [2.05, 4.69) is 5.32 Å². The first-order valence-electron chi connectivity index (χ1n) is 6.91. The van der Waals surface area contributed by atoms with Crippen molar-refractivity contribution in [2.75, 3.05) is 11.9 Å². The van der Waals surface area contributed by atoms with E-state index in [9.17, 15) is 14.0 Å². The Labute approximate surface area is 158 Å². The zero-order chi connectivity index (χ0) is 18.4. The summed E-state index contributed by atoms with van der Waals surface area (Å²) in [7, 11) is 0. The lowest BCUT2D eigenvalue weighted by Gasteiger charge is -2.08.